The van der Waals surface area contributed by atoms with Crippen molar-refractivity contribution in [2.45, 2.75) is 26.9 Å². The van der Waals surface area contributed by atoms with Crippen LogP contribution in [0.25, 0.3) is 0 Å². The number of aliphatic carboxylic acids is 1. The number of aliphatic hydroxyl groups excluding tert-OH is 1. The Morgan fingerprint density at radius 3 is 2.56 bits per heavy atom. The van der Waals surface area contributed by atoms with Gasteiger partial charge >= 0.3 is 5.97 Å². The molecule has 1 aromatic carbocycles. The van der Waals surface area contributed by atoms with Crippen LogP contribution in [0.5, 0.6) is 5.75 Å². The van der Waals surface area contributed by atoms with E-state index in [0.29, 0.717) is 0 Å². The van der Waals surface area contributed by atoms with Crippen LogP contribution in [-0.2, 0) is 4.79 Å². The molecule has 0 aliphatic carbocycles. The van der Waals surface area contributed by atoms with Gasteiger partial charge in [-0.05, 0) is 32.9 Å². The van der Waals surface area contributed by atoms with Crippen molar-refractivity contribution < 1.29 is 24.1 Å². The second-order valence-corrected chi connectivity index (χ2v) is 4.84. The van der Waals surface area contributed by atoms with Gasteiger partial charge in [0, 0.05) is 11.6 Å². The van der Waals surface area contributed by atoms with Gasteiger partial charge in [-0.2, -0.15) is 0 Å². The molecular formula is C13H17FO4. The lowest BCUT2D eigenvalue weighted by molar-refractivity contribution is -0.148. The first-order chi connectivity index (χ1) is 8.24. The van der Waals surface area contributed by atoms with Crippen LogP contribution >= 0.6 is 0 Å². The number of ether oxygens (including phenoxy) is 1. The van der Waals surface area contributed by atoms with Crippen molar-refractivity contribution >= 4 is 5.97 Å². The van der Waals surface area contributed by atoms with E-state index in [2.05, 4.69) is 0 Å². The van der Waals surface area contributed by atoms with Gasteiger partial charge < -0.3 is 14.9 Å². The molecule has 0 amide bonds. The quantitative estimate of drug-likeness (QED) is 0.848. The molecule has 0 radical (unpaired) electrons. The molecule has 18 heavy (non-hydrogen) atoms. The topological polar surface area (TPSA) is 66.8 Å². The molecule has 100 valence electrons. The van der Waals surface area contributed by atoms with Crippen LogP contribution < -0.4 is 4.74 Å². The summed E-state index contributed by atoms with van der Waals surface area (Å²) in [6, 6.07) is 4.06. The fourth-order valence-corrected chi connectivity index (χ4v) is 1.26. The molecule has 0 saturated heterocycles. The first kappa shape index (κ1) is 14.4. The van der Waals surface area contributed by atoms with Crippen molar-refractivity contribution in [2.75, 3.05) is 6.61 Å². The van der Waals surface area contributed by atoms with Crippen LogP contribution in [0.2, 0.25) is 0 Å². The third-order valence-electron chi connectivity index (χ3n) is 2.60. The van der Waals surface area contributed by atoms with E-state index in [1.165, 1.54) is 32.9 Å². The lowest BCUT2D eigenvalue weighted by Crippen LogP contribution is -2.30. The molecule has 4 nitrogen and oxygen atoms in total. The number of hydrogen-bond donors (Lipinski definition) is 2. The standard InChI is InChI=1S/C13H17FO4/c1-8(15)10-5-4-9(6-11(10)14)18-7-13(2,3)12(16)17/h4-6,8,15H,7H2,1-3H3,(H,16,17)/t8-/m0/s1. The molecule has 0 bridgehead atoms. The highest BCUT2D eigenvalue weighted by Crippen LogP contribution is 2.23. The number of benzene rings is 1. The zero-order valence-electron chi connectivity index (χ0n) is 10.6. The number of hydrogen-bond acceptors (Lipinski definition) is 3. The van der Waals surface area contributed by atoms with Gasteiger partial charge in [-0.1, -0.05) is 0 Å². The Balaban J connectivity index is 2.76. The summed E-state index contributed by atoms with van der Waals surface area (Å²) in [5, 5.41) is 18.2. The average Bonchev–Trinajstić information content (AvgIpc) is 2.25. The maximum atomic E-state index is 13.5. The minimum atomic E-state index is -1.04. The first-order valence-electron chi connectivity index (χ1n) is 5.58. The molecule has 1 atom stereocenters. The summed E-state index contributed by atoms with van der Waals surface area (Å²) in [5.41, 5.74) is -0.862. The Bertz CT molecular complexity index is 441. The van der Waals surface area contributed by atoms with E-state index >= 15 is 0 Å². The number of aliphatic hydroxyl groups is 1. The molecule has 0 aliphatic rings. The molecule has 0 unspecified atom stereocenters. The van der Waals surface area contributed by atoms with Gasteiger partial charge in [-0.3, -0.25) is 4.79 Å². The predicted octanol–water partition coefficient (Wildman–Crippen LogP) is 2.37. The Morgan fingerprint density at radius 1 is 1.50 bits per heavy atom. The fourth-order valence-electron chi connectivity index (χ4n) is 1.26. The first-order valence-corrected chi connectivity index (χ1v) is 5.58. The van der Waals surface area contributed by atoms with Crippen LogP contribution in [0.1, 0.15) is 32.4 Å². The minimum absolute atomic E-state index is 0.0597. The molecule has 1 aromatic rings. The molecular weight excluding hydrogens is 239 g/mol. The van der Waals surface area contributed by atoms with E-state index in [0.717, 1.165) is 6.07 Å². The maximum absolute atomic E-state index is 13.5. The van der Waals surface area contributed by atoms with Gasteiger partial charge in [0.1, 0.15) is 18.2 Å². The average molecular weight is 256 g/mol. The second kappa shape index (κ2) is 5.35. The van der Waals surface area contributed by atoms with Crippen LogP contribution in [-0.4, -0.2) is 22.8 Å². The van der Waals surface area contributed by atoms with Crippen LogP contribution in [0, 0.1) is 11.2 Å². The largest absolute Gasteiger partial charge is 0.492 e. The maximum Gasteiger partial charge on any atom is 0.312 e. The lowest BCUT2D eigenvalue weighted by atomic mass is 9.95. The summed E-state index contributed by atoms with van der Waals surface area (Å²) in [5.74, 6) is -1.31. The van der Waals surface area contributed by atoms with Crippen molar-refractivity contribution in [1.29, 1.82) is 0 Å². The molecule has 1 rings (SSSR count). The highest BCUT2D eigenvalue weighted by atomic mass is 19.1. The minimum Gasteiger partial charge on any atom is -0.492 e. The smallest absolute Gasteiger partial charge is 0.312 e. The molecule has 0 aromatic heterocycles. The van der Waals surface area contributed by atoms with E-state index in [1.54, 1.807) is 0 Å². The summed E-state index contributed by atoms with van der Waals surface area (Å²) in [6.45, 7) is 4.45. The summed E-state index contributed by atoms with van der Waals surface area (Å²) in [4.78, 5) is 10.9. The number of rotatable bonds is 5. The molecule has 0 fully saturated rings. The Labute approximate surface area is 105 Å². The van der Waals surface area contributed by atoms with E-state index in [9.17, 15) is 14.3 Å². The van der Waals surface area contributed by atoms with Gasteiger partial charge in [0.2, 0.25) is 0 Å². The third-order valence-corrected chi connectivity index (χ3v) is 2.60. The van der Waals surface area contributed by atoms with Gasteiger partial charge in [-0.25, -0.2) is 4.39 Å². The number of halogens is 1. The predicted molar refractivity (Wildman–Crippen MR) is 63.9 cm³/mol. The molecule has 0 spiro atoms. The van der Waals surface area contributed by atoms with Gasteiger partial charge in [-0.15, -0.1) is 0 Å². The van der Waals surface area contributed by atoms with E-state index < -0.39 is 23.3 Å². The second-order valence-electron chi connectivity index (χ2n) is 4.84. The fraction of sp³-hybridized carbons (Fsp3) is 0.462. The molecule has 0 aliphatic heterocycles. The molecule has 2 N–H and O–H groups in total. The van der Waals surface area contributed by atoms with E-state index in [4.69, 9.17) is 9.84 Å². The zero-order valence-corrected chi connectivity index (χ0v) is 10.6. The molecule has 0 heterocycles. The highest BCUT2D eigenvalue weighted by Gasteiger charge is 2.28. The Morgan fingerprint density at radius 2 is 2.11 bits per heavy atom. The Kier molecular flexibility index (Phi) is 4.29. The SMILES string of the molecule is C[C@H](O)c1ccc(OCC(C)(C)C(=O)O)cc1F. The van der Waals surface area contributed by atoms with Crippen LogP contribution in [0.15, 0.2) is 18.2 Å². The Hall–Kier alpha value is -1.62. The van der Waals surface area contributed by atoms with Crippen molar-refractivity contribution in [3.8, 4) is 5.75 Å². The van der Waals surface area contributed by atoms with Crippen LogP contribution in [0.3, 0.4) is 0 Å². The summed E-state index contributed by atoms with van der Waals surface area (Å²) >= 11 is 0. The molecule has 5 heteroatoms. The lowest BCUT2D eigenvalue weighted by Gasteiger charge is -2.19. The van der Waals surface area contributed by atoms with Gasteiger partial charge in [0.25, 0.3) is 0 Å². The van der Waals surface area contributed by atoms with Gasteiger partial charge in [0.05, 0.1) is 11.5 Å². The van der Waals surface area contributed by atoms with Crippen molar-refractivity contribution in [3.63, 3.8) is 0 Å². The highest BCUT2D eigenvalue weighted by molar-refractivity contribution is 5.73. The van der Waals surface area contributed by atoms with Crippen molar-refractivity contribution in [2.24, 2.45) is 5.41 Å². The molecule has 0 saturated carbocycles. The summed E-state index contributed by atoms with van der Waals surface area (Å²) < 4.78 is 18.8. The number of carbonyl (C=O) groups is 1. The van der Waals surface area contributed by atoms with E-state index in [-0.39, 0.29) is 17.9 Å². The summed E-state index contributed by atoms with van der Waals surface area (Å²) in [7, 11) is 0. The monoisotopic (exact) mass is 256 g/mol. The summed E-state index contributed by atoms with van der Waals surface area (Å²) in [6.07, 6.45) is -0.894. The van der Waals surface area contributed by atoms with Crippen molar-refractivity contribution in [3.05, 3.63) is 29.6 Å². The number of carboxylic acid groups (broad SMARTS) is 1. The van der Waals surface area contributed by atoms with Crippen LogP contribution in [0.4, 0.5) is 4.39 Å². The van der Waals surface area contributed by atoms with Crippen molar-refractivity contribution in [1.82, 2.24) is 0 Å². The zero-order chi connectivity index (χ0) is 13.9. The normalized spacial score (nSPS) is 13.2. The third kappa shape index (κ3) is 3.43. The van der Waals surface area contributed by atoms with Gasteiger partial charge in [0.15, 0.2) is 0 Å². The van der Waals surface area contributed by atoms with E-state index in [1.807, 2.05) is 0 Å². The number of carboxylic acids is 1.